The summed E-state index contributed by atoms with van der Waals surface area (Å²) in [6, 6.07) is 7.57. The summed E-state index contributed by atoms with van der Waals surface area (Å²) in [5.41, 5.74) is 0.627. The highest BCUT2D eigenvalue weighted by Crippen LogP contribution is 2.35. The van der Waals surface area contributed by atoms with Gasteiger partial charge in [0, 0.05) is 6.42 Å². The smallest absolute Gasteiger partial charge is 0.168 e. The van der Waals surface area contributed by atoms with Crippen LogP contribution in [0.4, 0.5) is 0 Å². The number of aliphatic hydroxyl groups is 1. The van der Waals surface area contributed by atoms with Crippen molar-refractivity contribution in [1.29, 1.82) is 0 Å². The fourth-order valence-corrected chi connectivity index (χ4v) is 2.06. The summed E-state index contributed by atoms with van der Waals surface area (Å²) < 4.78 is 0. The minimum atomic E-state index is -1.20. The van der Waals surface area contributed by atoms with Crippen LogP contribution in [0.1, 0.15) is 30.4 Å². The molecule has 14 heavy (non-hydrogen) atoms. The van der Waals surface area contributed by atoms with Gasteiger partial charge in [-0.2, -0.15) is 0 Å². The number of hydrogen-bond acceptors (Lipinski definition) is 2. The zero-order valence-electron chi connectivity index (χ0n) is 8.29. The maximum Gasteiger partial charge on any atom is 0.168 e. The minimum Gasteiger partial charge on any atom is -0.377 e. The van der Waals surface area contributed by atoms with Crippen LogP contribution in [0.15, 0.2) is 24.3 Å². The molecular weight excluding hydrogens is 176 g/mol. The summed E-state index contributed by atoms with van der Waals surface area (Å²) in [5, 5.41) is 10.2. The molecule has 2 nitrogen and oxygen atoms in total. The van der Waals surface area contributed by atoms with Crippen LogP contribution >= 0.6 is 0 Å². The molecule has 0 saturated heterocycles. The molecule has 1 aliphatic rings. The predicted octanol–water partition coefficient (Wildman–Crippen LogP) is 1.94. The van der Waals surface area contributed by atoms with Gasteiger partial charge in [0.15, 0.2) is 5.78 Å². The average Bonchev–Trinajstić information content (AvgIpc) is 2.49. The molecule has 1 aromatic rings. The van der Waals surface area contributed by atoms with Gasteiger partial charge < -0.3 is 5.11 Å². The number of carbonyl (C=O) groups excluding carboxylic acids is 1. The fraction of sp³-hybridized carbons (Fsp3) is 0.417. The Kier molecular flexibility index (Phi) is 2.16. The number of ketones is 1. The summed E-state index contributed by atoms with van der Waals surface area (Å²) in [7, 11) is 0. The van der Waals surface area contributed by atoms with Crippen molar-refractivity contribution in [1.82, 2.24) is 0 Å². The second-order valence-electron chi connectivity index (χ2n) is 4.01. The first-order chi connectivity index (χ1) is 6.63. The molecule has 1 N–H and O–H groups in total. The van der Waals surface area contributed by atoms with Crippen molar-refractivity contribution in [3.05, 3.63) is 35.4 Å². The van der Waals surface area contributed by atoms with Crippen LogP contribution in [-0.4, -0.2) is 10.9 Å². The molecular formula is C12H14O2. The quantitative estimate of drug-likeness (QED) is 0.734. The van der Waals surface area contributed by atoms with Crippen molar-refractivity contribution < 1.29 is 9.90 Å². The first kappa shape index (κ1) is 9.41. The Labute approximate surface area is 83.6 Å². The third kappa shape index (κ3) is 1.36. The molecule has 0 heterocycles. The normalized spacial score (nSPS) is 26.9. The molecule has 2 heteroatoms. The molecule has 0 amide bonds. The van der Waals surface area contributed by atoms with E-state index < -0.39 is 5.60 Å². The first-order valence-corrected chi connectivity index (χ1v) is 4.96. The summed E-state index contributed by atoms with van der Waals surface area (Å²) in [4.78, 5) is 11.6. The third-order valence-electron chi connectivity index (χ3n) is 2.90. The maximum absolute atomic E-state index is 11.6. The molecule has 0 unspecified atom stereocenters. The van der Waals surface area contributed by atoms with E-state index in [0.29, 0.717) is 12.8 Å². The number of rotatable bonds is 1. The van der Waals surface area contributed by atoms with E-state index >= 15 is 0 Å². The van der Waals surface area contributed by atoms with Gasteiger partial charge in [0.2, 0.25) is 0 Å². The van der Waals surface area contributed by atoms with Crippen molar-refractivity contribution >= 4 is 5.78 Å². The Morgan fingerprint density at radius 2 is 2.21 bits per heavy atom. The summed E-state index contributed by atoms with van der Waals surface area (Å²) in [5.74, 6) is -0.0388. The first-order valence-electron chi connectivity index (χ1n) is 4.96. The highest BCUT2D eigenvalue weighted by molar-refractivity contribution is 5.90. The molecule has 1 fully saturated rings. The van der Waals surface area contributed by atoms with Gasteiger partial charge in [0.1, 0.15) is 5.60 Å². The van der Waals surface area contributed by atoms with Crippen molar-refractivity contribution in [2.24, 2.45) is 0 Å². The summed E-state index contributed by atoms with van der Waals surface area (Å²) >= 11 is 0. The molecule has 1 aromatic carbocycles. The van der Waals surface area contributed by atoms with Gasteiger partial charge in [-0.15, -0.1) is 0 Å². The zero-order valence-corrected chi connectivity index (χ0v) is 8.29. The van der Waals surface area contributed by atoms with Crippen LogP contribution in [-0.2, 0) is 10.4 Å². The molecule has 74 valence electrons. The second kappa shape index (κ2) is 3.21. The van der Waals surface area contributed by atoms with Gasteiger partial charge in [-0.3, -0.25) is 4.79 Å². The number of hydrogen-bond donors (Lipinski definition) is 1. The lowest BCUT2D eigenvalue weighted by Crippen LogP contribution is -2.30. The van der Waals surface area contributed by atoms with Crippen LogP contribution in [0.25, 0.3) is 0 Å². The van der Waals surface area contributed by atoms with E-state index in [1.54, 1.807) is 0 Å². The molecule has 0 aliphatic heterocycles. The average molecular weight is 190 g/mol. The SMILES string of the molecule is Cc1cccc([C@@]2(O)CCCC2=O)c1. The van der Waals surface area contributed by atoms with Crippen molar-refractivity contribution in [2.45, 2.75) is 31.8 Å². The van der Waals surface area contributed by atoms with Gasteiger partial charge in [-0.25, -0.2) is 0 Å². The van der Waals surface area contributed by atoms with Crippen LogP contribution in [0.5, 0.6) is 0 Å². The molecule has 0 aromatic heterocycles. The number of Topliss-reactive ketones (excluding diaryl/α,β-unsaturated/α-hetero) is 1. The Balaban J connectivity index is 2.43. The fourth-order valence-electron chi connectivity index (χ4n) is 2.06. The van der Waals surface area contributed by atoms with Gasteiger partial charge in [0.25, 0.3) is 0 Å². The van der Waals surface area contributed by atoms with E-state index in [1.165, 1.54) is 0 Å². The zero-order chi connectivity index (χ0) is 10.2. The van der Waals surface area contributed by atoms with Crippen molar-refractivity contribution in [3.63, 3.8) is 0 Å². The number of carbonyl (C=O) groups is 1. The van der Waals surface area contributed by atoms with Crippen LogP contribution in [0.3, 0.4) is 0 Å². The van der Waals surface area contributed by atoms with Gasteiger partial charge in [-0.05, 0) is 25.3 Å². The van der Waals surface area contributed by atoms with E-state index in [4.69, 9.17) is 0 Å². The van der Waals surface area contributed by atoms with Crippen molar-refractivity contribution in [2.75, 3.05) is 0 Å². The second-order valence-corrected chi connectivity index (χ2v) is 4.01. The van der Waals surface area contributed by atoms with Gasteiger partial charge in [-0.1, -0.05) is 29.8 Å². The minimum absolute atomic E-state index is 0.0388. The molecule has 0 radical (unpaired) electrons. The van der Waals surface area contributed by atoms with Crippen LogP contribution in [0.2, 0.25) is 0 Å². The Morgan fingerprint density at radius 1 is 1.43 bits per heavy atom. The lowest BCUT2D eigenvalue weighted by atomic mass is 9.90. The van der Waals surface area contributed by atoms with Crippen molar-refractivity contribution in [3.8, 4) is 0 Å². The van der Waals surface area contributed by atoms with Crippen LogP contribution in [0, 0.1) is 6.92 Å². The Hall–Kier alpha value is -1.15. The number of benzene rings is 1. The third-order valence-corrected chi connectivity index (χ3v) is 2.90. The molecule has 0 spiro atoms. The predicted molar refractivity (Wildman–Crippen MR) is 53.9 cm³/mol. The van der Waals surface area contributed by atoms with E-state index in [-0.39, 0.29) is 5.78 Å². The molecule has 1 saturated carbocycles. The van der Waals surface area contributed by atoms with E-state index in [0.717, 1.165) is 17.5 Å². The lowest BCUT2D eigenvalue weighted by molar-refractivity contribution is -0.134. The molecule has 0 bridgehead atoms. The van der Waals surface area contributed by atoms with E-state index in [9.17, 15) is 9.90 Å². The molecule has 1 aliphatic carbocycles. The van der Waals surface area contributed by atoms with Crippen LogP contribution < -0.4 is 0 Å². The van der Waals surface area contributed by atoms with E-state index in [2.05, 4.69) is 0 Å². The van der Waals surface area contributed by atoms with Gasteiger partial charge in [0.05, 0.1) is 0 Å². The largest absolute Gasteiger partial charge is 0.377 e. The number of aryl methyl sites for hydroxylation is 1. The maximum atomic E-state index is 11.6. The Morgan fingerprint density at radius 3 is 2.79 bits per heavy atom. The Bertz CT molecular complexity index is 370. The lowest BCUT2D eigenvalue weighted by Gasteiger charge is -2.21. The topological polar surface area (TPSA) is 37.3 Å². The summed E-state index contributed by atoms with van der Waals surface area (Å²) in [6.45, 7) is 1.96. The van der Waals surface area contributed by atoms with Gasteiger partial charge >= 0.3 is 0 Å². The monoisotopic (exact) mass is 190 g/mol. The molecule has 2 rings (SSSR count). The summed E-state index contributed by atoms with van der Waals surface area (Å²) in [6.07, 6.45) is 1.86. The van der Waals surface area contributed by atoms with E-state index in [1.807, 2.05) is 31.2 Å². The standard InChI is InChI=1S/C12H14O2/c1-9-4-2-5-10(8-9)12(14)7-3-6-11(12)13/h2,4-5,8,14H,3,6-7H2,1H3/t12-/m0/s1. The highest BCUT2D eigenvalue weighted by atomic mass is 16.3. The highest BCUT2D eigenvalue weighted by Gasteiger charge is 2.41. The molecule has 1 atom stereocenters.